The first kappa shape index (κ1) is 15.0. The Morgan fingerprint density at radius 3 is 2.47 bits per heavy atom. The fourth-order valence-corrected chi connectivity index (χ4v) is 1.95. The van der Waals surface area contributed by atoms with E-state index in [4.69, 9.17) is 10.2 Å². The van der Waals surface area contributed by atoms with Crippen molar-refractivity contribution in [3.8, 4) is 0 Å². The van der Waals surface area contributed by atoms with Crippen LogP contribution in [0.25, 0.3) is 0 Å². The highest BCUT2D eigenvalue weighted by atomic mass is 32.2. The van der Waals surface area contributed by atoms with Gasteiger partial charge in [-0.05, 0) is 24.6 Å². The Kier molecular flexibility index (Phi) is 5.37. The molecule has 19 heavy (non-hydrogen) atoms. The molecule has 0 spiro atoms. The molecule has 1 aromatic carbocycles. The Morgan fingerprint density at radius 2 is 1.89 bits per heavy atom. The molecule has 3 N–H and O–H groups in total. The number of anilines is 1. The monoisotopic (exact) mass is 283 g/mol. The predicted octanol–water partition coefficient (Wildman–Crippen LogP) is 1.45. The minimum atomic E-state index is -1.06. The van der Waals surface area contributed by atoms with Crippen LogP contribution in [0.2, 0.25) is 0 Å². The topological polar surface area (TPSA) is 104 Å². The van der Waals surface area contributed by atoms with E-state index in [1.54, 1.807) is 13.0 Å². The van der Waals surface area contributed by atoms with Gasteiger partial charge in [0, 0.05) is 5.69 Å². The molecule has 0 aliphatic heterocycles. The van der Waals surface area contributed by atoms with Gasteiger partial charge in [-0.3, -0.25) is 9.59 Å². The van der Waals surface area contributed by atoms with E-state index in [1.807, 2.05) is 0 Å². The number of carboxylic acid groups (broad SMARTS) is 2. The third-order valence-electron chi connectivity index (χ3n) is 2.30. The minimum Gasteiger partial charge on any atom is -0.481 e. The number of nitrogens with one attached hydrogen (secondary N) is 1. The second-order valence-corrected chi connectivity index (χ2v) is 4.70. The zero-order valence-electron chi connectivity index (χ0n) is 10.2. The third kappa shape index (κ3) is 4.63. The summed E-state index contributed by atoms with van der Waals surface area (Å²) in [7, 11) is 0. The molecule has 1 rings (SSSR count). The predicted molar refractivity (Wildman–Crippen MR) is 71.7 cm³/mol. The average Bonchev–Trinajstić information content (AvgIpc) is 2.31. The highest BCUT2D eigenvalue weighted by molar-refractivity contribution is 8.00. The number of benzene rings is 1. The molecule has 0 aliphatic carbocycles. The zero-order chi connectivity index (χ0) is 14.4. The van der Waals surface area contributed by atoms with Crippen molar-refractivity contribution in [2.45, 2.75) is 6.92 Å². The second kappa shape index (κ2) is 6.79. The molecule has 0 saturated carbocycles. The zero-order valence-corrected chi connectivity index (χ0v) is 11.0. The van der Waals surface area contributed by atoms with E-state index in [2.05, 4.69) is 5.32 Å². The molecule has 0 heterocycles. The second-order valence-electron chi connectivity index (χ2n) is 3.72. The number of hydrogen-bond donors (Lipinski definition) is 3. The van der Waals surface area contributed by atoms with Crippen LogP contribution in [0.4, 0.5) is 5.69 Å². The van der Waals surface area contributed by atoms with Crippen LogP contribution >= 0.6 is 11.8 Å². The Morgan fingerprint density at radius 1 is 1.21 bits per heavy atom. The first-order valence-electron chi connectivity index (χ1n) is 5.34. The fraction of sp³-hybridized carbons (Fsp3) is 0.250. The number of amides is 1. The van der Waals surface area contributed by atoms with E-state index in [0.717, 1.165) is 11.8 Å². The maximum atomic E-state index is 11.6. The number of aromatic carboxylic acids is 1. The SMILES string of the molecule is Cc1c(NC(=O)CSCC(=O)O)cccc1C(=O)O. The molecule has 1 aromatic rings. The molecule has 102 valence electrons. The van der Waals surface area contributed by atoms with Crippen LogP contribution in [0, 0.1) is 6.92 Å². The summed E-state index contributed by atoms with van der Waals surface area (Å²) >= 11 is 0.977. The van der Waals surface area contributed by atoms with Gasteiger partial charge < -0.3 is 15.5 Å². The fourth-order valence-electron chi connectivity index (χ4n) is 1.42. The summed E-state index contributed by atoms with van der Waals surface area (Å²) in [6.45, 7) is 1.60. The van der Waals surface area contributed by atoms with Crippen molar-refractivity contribution in [3.63, 3.8) is 0 Å². The number of carboxylic acids is 2. The van der Waals surface area contributed by atoms with Gasteiger partial charge in [-0.25, -0.2) is 4.79 Å². The number of carbonyl (C=O) groups excluding carboxylic acids is 1. The molecular formula is C12H13NO5S. The summed E-state index contributed by atoms with van der Waals surface area (Å²) in [6, 6.07) is 4.59. The van der Waals surface area contributed by atoms with E-state index < -0.39 is 11.9 Å². The molecule has 0 fully saturated rings. The van der Waals surface area contributed by atoms with Crippen molar-refractivity contribution in [1.82, 2.24) is 0 Å². The van der Waals surface area contributed by atoms with Gasteiger partial charge in [0.05, 0.1) is 17.1 Å². The maximum absolute atomic E-state index is 11.6. The van der Waals surface area contributed by atoms with Crippen molar-refractivity contribution >= 4 is 35.3 Å². The van der Waals surface area contributed by atoms with E-state index in [0.29, 0.717) is 11.3 Å². The van der Waals surface area contributed by atoms with Crippen molar-refractivity contribution in [3.05, 3.63) is 29.3 Å². The molecule has 6 nitrogen and oxygen atoms in total. The molecule has 0 aliphatic rings. The summed E-state index contributed by atoms with van der Waals surface area (Å²) in [5, 5.41) is 19.9. The summed E-state index contributed by atoms with van der Waals surface area (Å²) in [5.41, 5.74) is 1.00. The first-order chi connectivity index (χ1) is 8.91. The van der Waals surface area contributed by atoms with E-state index in [9.17, 15) is 14.4 Å². The van der Waals surface area contributed by atoms with Crippen LogP contribution in [0.1, 0.15) is 15.9 Å². The quantitative estimate of drug-likeness (QED) is 0.730. The highest BCUT2D eigenvalue weighted by Crippen LogP contribution is 2.19. The van der Waals surface area contributed by atoms with Crippen LogP contribution in [-0.4, -0.2) is 39.6 Å². The lowest BCUT2D eigenvalue weighted by Gasteiger charge is -2.10. The first-order valence-corrected chi connectivity index (χ1v) is 6.49. The van der Waals surface area contributed by atoms with Gasteiger partial charge in [-0.1, -0.05) is 6.07 Å². The van der Waals surface area contributed by atoms with Gasteiger partial charge in [-0.15, -0.1) is 11.8 Å². The molecular weight excluding hydrogens is 270 g/mol. The third-order valence-corrected chi connectivity index (χ3v) is 3.21. The lowest BCUT2D eigenvalue weighted by molar-refractivity contribution is -0.133. The van der Waals surface area contributed by atoms with Crippen molar-refractivity contribution < 1.29 is 24.6 Å². The van der Waals surface area contributed by atoms with Crippen molar-refractivity contribution in [2.24, 2.45) is 0 Å². The number of rotatable bonds is 6. The average molecular weight is 283 g/mol. The van der Waals surface area contributed by atoms with Crippen molar-refractivity contribution in [2.75, 3.05) is 16.8 Å². The van der Waals surface area contributed by atoms with Crippen LogP contribution in [-0.2, 0) is 9.59 Å². The van der Waals surface area contributed by atoms with Gasteiger partial charge in [0.1, 0.15) is 0 Å². The lowest BCUT2D eigenvalue weighted by atomic mass is 10.1. The van der Waals surface area contributed by atoms with E-state index in [-0.39, 0.29) is 23.0 Å². The number of hydrogen-bond acceptors (Lipinski definition) is 4. The highest BCUT2D eigenvalue weighted by Gasteiger charge is 2.12. The molecule has 0 unspecified atom stereocenters. The molecule has 1 amide bonds. The Bertz CT molecular complexity index is 515. The summed E-state index contributed by atoms with van der Waals surface area (Å²) in [4.78, 5) is 32.8. The molecule has 0 bridgehead atoms. The number of carbonyl (C=O) groups is 3. The molecule has 0 atom stereocenters. The molecule has 0 radical (unpaired) electrons. The van der Waals surface area contributed by atoms with Crippen LogP contribution in [0.5, 0.6) is 0 Å². The summed E-state index contributed by atoms with van der Waals surface area (Å²) < 4.78 is 0. The normalized spacial score (nSPS) is 9.95. The molecule has 0 saturated heterocycles. The Balaban J connectivity index is 2.67. The standard InChI is InChI=1S/C12H13NO5S/c1-7-8(12(17)18)3-2-4-9(7)13-10(14)5-19-6-11(15)16/h2-4H,5-6H2,1H3,(H,13,14)(H,15,16)(H,17,18). The van der Waals surface area contributed by atoms with Gasteiger partial charge in [0.2, 0.25) is 5.91 Å². The van der Waals surface area contributed by atoms with E-state index >= 15 is 0 Å². The smallest absolute Gasteiger partial charge is 0.336 e. The van der Waals surface area contributed by atoms with Crippen LogP contribution in [0.3, 0.4) is 0 Å². The van der Waals surface area contributed by atoms with Crippen LogP contribution < -0.4 is 5.32 Å². The summed E-state index contributed by atoms with van der Waals surface area (Å²) in [6.07, 6.45) is 0. The van der Waals surface area contributed by atoms with Crippen LogP contribution in [0.15, 0.2) is 18.2 Å². The summed E-state index contributed by atoms with van der Waals surface area (Å²) in [5.74, 6) is -2.56. The van der Waals surface area contributed by atoms with E-state index in [1.165, 1.54) is 12.1 Å². The van der Waals surface area contributed by atoms with Gasteiger partial charge in [0.15, 0.2) is 0 Å². The largest absolute Gasteiger partial charge is 0.481 e. The number of aliphatic carboxylic acids is 1. The molecule has 7 heteroatoms. The maximum Gasteiger partial charge on any atom is 0.336 e. The number of thioether (sulfide) groups is 1. The lowest BCUT2D eigenvalue weighted by Crippen LogP contribution is -2.17. The molecule has 0 aromatic heterocycles. The Hall–Kier alpha value is -2.02. The van der Waals surface area contributed by atoms with Gasteiger partial charge in [-0.2, -0.15) is 0 Å². The van der Waals surface area contributed by atoms with Crippen molar-refractivity contribution in [1.29, 1.82) is 0 Å². The Labute approximate surface area is 113 Å². The minimum absolute atomic E-state index is 0.00301. The van der Waals surface area contributed by atoms with Gasteiger partial charge >= 0.3 is 11.9 Å². The van der Waals surface area contributed by atoms with Gasteiger partial charge in [0.25, 0.3) is 0 Å².